The van der Waals surface area contributed by atoms with Gasteiger partial charge in [0.15, 0.2) is 0 Å². The summed E-state index contributed by atoms with van der Waals surface area (Å²) in [5.41, 5.74) is 2.46. The normalized spacial score (nSPS) is 23.7. The summed E-state index contributed by atoms with van der Waals surface area (Å²) in [7, 11) is 0. The van der Waals surface area contributed by atoms with Crippen LogP contribution in [0.3, 0.4) is 0 Å². The molecule has 0 fully saturated rings. The predicted octanol–water partition coefficient (Wildman–Crippen LogP) is 2.47. The van der Waals surface area contributed by atoms with Gasteiger partial charge in [-0.05, 0) is 29.8 Å². The Bertz CT molecular complexity index is 1000. The van der Waals surface area contributed by atoms with E-state index < -0.39 is 17.9 Å². The smallest absolute Gasteiger partial charge is 0.276 e. The zero-order valence-electron chi connectivity index (χ0n) is 13.6. The highest BCUT2D eigenvalue weighted by Gasteiger charge is 2.49. The zero-order valence-corrected chi connectivity index (χ0v) is 13.6. The van der Waals surface area contributed by atoms with Crippen molar-refractivity contribution < 1.29 is 14.3 Å². The van der Waals surface area contributed by atoms with Gasteiger partial charge in [0, 0.05) is 5.56 Å². The Labute approximate surface area is 149 Å². The number of nitriles is 1. The molecule has 126 valence electrons. The minimum Gasteiger partial charge on any atom is -0.489 e. The van der Waals surface area contributed by atoms with Gasteiger partial charge in [0.1, 0.15) is 18.4 Å². The Kier molecular flexibility index (Phi) is 3.02. The van der Waals surface area contributed by atoms with E-state index in [1.165, 1.54) is 0 Å². The van der Waals surface area contributed by atoms with Crippen molar-refractivity contribution in [2.75, 3.05) is 6.61 Å². The number of rotatable bonds is 1. The van der Waals surface area contributed by atoms with Crippen molar-refractivity contribution in [2.45, 2.75) is 12.1 Å². The fourth-order valence-electron chi connectivity index (χ4n) is 3.89. The van der Waals surface area contributed by atoms with E-state index >= 15 is 0 Å². The number of carbonyl (C=O) groups excluding carboxylic acids is 2. The van der Waals surface area contributed by atoms with E-state index in [2.05, 4.69) is 6.07 Å². The summed E-state index contributed by atoms with van der Waals surface area (Å²) in [6.07, 6.45) is 1.78. The molecule has 0 radical (unpaired) electrons. The molecular weight excluding hydrogens is 330 g/mol. The first-order valence-corrected chi connectivity index (χ1v) is 8.28. The topological polar surface area (TPSA) is 73.6 Å². The first-order chi connectivity index (χ1) is 12.7. The van der Waals surface area contributed by atoms with Crippen LogP contribution < -0.4 is 4.74 Å². The van der Waals surface area contributed by atoms with E-state index in [4.69, 9.17) is 4.74 Å². The Morgan fingerprint density at radius 2 is 1.65 bits per heavy atom. The number of imide groups is 1. The summed E-state index contributed by atoms with van der Waals surface area (Å²) >= 11 is 0. The lowest BCUT2D eigenvalue weighted by molar-refractivity contribution is -0.0157. The van der Waals surface area contributed by atoms with Crippen LogP contribution in [0.2, 0.25) is 0 Å². The molecule has 0 spiro atoms. The molecule has 0 bridgehead atoms. The number of hydrogen-bond donors (Lipinski definition) is 0. The molecule has 0 aliphatic carbocycles. The summed E-state index contributed by atoms with van der Waals surface area (Å²) in [5, 5.41) is 12.4. The van der Waals surface area contributed by atoms with Crippen LogP contribution in [0.25, 0.3) is 0 Å². The Balaban J connectivity index is 1.65. The summed E-state index contributed by atoms with van der Waals surface area (Å²) < 4.78 is 5.76. The van der Waals surface area contributed by atoms with E-state index in [0.717, 1.165) is 16.1 Å². The average molecular weight is 343 g/mol. The first kappa shape index (κ1) is 14.9. The highest BCUT2D eigenvalue weighted by molar-refractivity contribution is 6.21. The number of carbonyl (C=O) groups is 2. The molecule has 6 nitrogen and oxygen atoms in total. The molecule has 2 atom stereocenters. The van der Waals surface area contributed by atoms with Crippen molar-refractivity contribution in [3.63, 3.8) is 0 Å². The van der Waals surface area contributed by atoms with E-state index in [-0.39, 0.29) is 6.04 Å². The first-order valence-electron chi connectivity index (χ1n) is 8.28. The quantitative estimate of drug-likeness (QED) is 0.587. The second-order valence-electron chi connectivity index (χ2n) is 6.39. The van der Waals surface area contributed by atoms with Crippen LogP contribution in [0.5, 0.6) is 5.75 Å². The van der Waals surface area contributed by atoms with E-state index in [1.807, 2.05) is 24.3 Å². The fraction of sp³-hybridized carbons (Fsp3) is 0.150. The molecule has 2 aromatic carbocycles. The Morgan fingerprint density at radius 3 is 2.35 bits per heavy atom. The number of benzene rings is 2. The molecule has 0 saturated heterocycles. The monoisotopic (exact) mass is 343 g/mol. The average Bonchev–Trinajstić information content (AvgIpc) is 3.17. The van der Waals surface area contributed by atoms with E-state index in [1.54, 1.807) is 35.4 Å². The second-order valence-corrected chi connectivity index (χ2v) is 6.39. The van der Waals surface area contributed by atoms with Gasteiger partial charge in [-0.2, -0.15) is 15.3 Å². The van der Waals surface area contributed by atoms with Crippen molar-refractivity contribution >= 4 is 11.8 Å². The molecule has 3 aliphatic rings. The van der Waals surface area contributed by atoms with Crippen molar-refractivity contribution in [3.05, 3.63) is 76.9 Å². The van der Waals surface area contributed by atoms with Crippen LogP contribution in [0.15, 0.2) is 60.2 Å². The summed E-state index contributed by atoms with van der Waals surface area (Å²) in [5.74, 6) is -0.0937. The van der Waals surface area contributed by atoms with Gasteiger partial charge in [-0.3, -0.25) is 9.59 Å². The fourth-order valence-corrected chi connectivity index (χ4v) is 3.89. The Hall–Kier alpha value is -3.43. The standard InChI is InChI=1S/C20H13N3O3/c21-10-13-9-12-11-26-17-8-4-3-7-16(17)18(12)22(13)23-19(24)14-5-1-2-6-15(14)20(23)25/h1-9,13,18H,11H2. The molecule has 0 saturated carbocycles. The van der Waals surface area contributed by atoms with Crippen LogP contribution in [0, 0.1) is 11.3 Å². The molecule has 0 aromatic heterocycles. The Morgan fingerprint density at radius 1 is 1.00 bits per heavy atom. The number of fused-ring (bicyclic) bond motifs is 4. The number of hydrazine groups is 1. The molecular formula is C20H13N3O3. The van der Waals surface area contributed by atoms with Crippen LogP contribution in [0.1, 0.15) is 32.3 Å². The summed E-state index contributed by atoms with van der Waals surface area (Å²) in [4.78, 5) is 25.9. The predicted molar refractivity (Wildman–Crippen MR) is 90.9 cm³/mol. The molecule has 2 aromatic rings. The molecule has 2 amide bonds. The maximum atomic E-state index is 12.9. The summed E-state index contributed by atoms with van der Waals surface area (Å²) in [6.45, 7) is 0.333. The highest BCUT2D eigenvalue weighted by atomic mass is 16.5. The summed E-state index contributed by atoms with van der Waals surface area (Å²) in [6, 6.07) is 15.3. The molecule has 6 heteroatoms. The minimum atomic E-state index is -0.716. The van der Waals surface area contributed by atoms with Crippen molar-refractivity contribution in [3.8, 4) is 11.8 Å². The minimum absolute atomic E-state index is 0.333. The number of amides is 2. The highest BCUT2D eigenvalue weighted by Crippen LogP contribution is 2.46. The zero-order chi connectivity index (χ0) is 17.8. The third kappa shape index (κ3) is 1.83. The lowest BCUT2D eigenvalue weighted by Crippen LogP contribution is -2.50. The van der Waals surface area contributed by atoms with Gasteiger partial charge >= 0.3 is 0 Å². The van der Waals surface area contributed by atoms with Gasteiger partial charge in [0.25, 0.3) is 11.8 Å². The second kappa shape index (κ2) is 5.28. The number of para-hydroxylation sites is 1. The number of nitrogens with zero attached hydrogens (tertiary/aromatic N) is 3. The van der Waals surface area contributed by atoms with Crippen LogP contribution >= 0.6 is 0 Å². The number of hydrogen-bond acceptors (Lipinski definition) is 5. The van der Waals surface area contributed by atoms with Gasteiger partial charge in [-0.25, -0.2) is 0 Å². The van der Waals surface area contributed by atoms with Gasteiger partial charge in [-0.1, -0.05) is 30.3 Å². The third-order valence-corrected chi connectivity index (χ3v) is 5.02. The van der Waals surface area contributed by atoms with Gasteiger partial charge in [0.05, 0.1) is 23.2 Å². The lowest BCUT2D eigenvalue weighted by atomic mass is 9.97. The molecule has 5 rings (SSSR count). The third-order valence-electron chi connectivity index (χ3n) is 5.02. The lowest BCUT2D eigenvalue weighted by Gasteiger charge is -2.37. The van der Waals surface area contributed by atoms with Crippen LogP contribution in [0.4, 0.5) is 0 Å². The van der Waals surface area contributed by atoms with Crippen molar-refractivity contribution in [1.82, 2.24) is 10.0 Å². The molecule has 0 N–H and O–H groups in total. The molecule has 2 unspecified atom stereocenters. The molecule has 3 aliphatic heterocycles. The van der Waals surface area contributed by atoms with Gasteiger partial charge < -0.3 is 4.74 Å². The largest absolute Gasteiger partial charge is 0.489 e. The van der Waals surface area contributed by atoms with E-state index in [0.29, 0.717) is 23.5 Å². The SMILES string of the molecule is N#CC1C=C2COc3ccccc3C2N1N1C(=O)c2ccccc2C1=O. The van der Waals surface area contributed by atoms with Crippen LogP contribution in [-0.4, -0.2) is 34.5 Å². The van der Waals surface area contributed by atoms with Crippen molar-refractivity contribution in [1.29, 1.82) is 5.26 Å². The molecule has 3 heterocycles. The van der Waals surface area contributed by atoms with E-state index in [9.17, 15) is 14.9 Å². The van der Waals surface area contributed by atoms with Crippen molar-refractivity contribution in [2.24, 2.45) is 0 Å². The number of ether oxygens (including phenoxy) is 1. The van der Waals surface area contributed by atoms with Gasteiger partial charge in [0.2, 0.25) is 0 Å². The van der Waals surface area contributed by atoms with Crippen LogP contribution in [-0.2, 0) is 0 Å². The maximum Gasteiger partial charge on any atom is 0.276 e. The maximum absolute atomic E-state index is 12.9. The van der Waals surface area contributed by atoms with Gasteiger partial charge in [-0.15, -0.1) is 0 Å². The molecule has 26 heavy (non-hydrogen) atoms.